The van der Waals surface area contributed by atoms with E-state index in [2.05, 4.69) is 12.1 Å². The molecule has 1 aliphatic heterocycles. The van der Waals surface area contributed by atoms with Crippen LogP contribution in [-0.2, 0) is 20.7 Å². The van der Waals surface area contributed by atoms with Crippen LogP contribution >= 0.6 is 0 Å². The van der Waals surface area contributed by atoms with Gasteiger partial charge in [0.15, 0.2) is 6.10 Å². The van der Waals surface area contributed by atoms with Crippen LogP contribution in [0.25, 0.3) is 0 Å². The number of ether oxygens (including phenoxy) is 3. The summed E-state index contributed by atoms with van der Waals surface area (Å²) < 4.78 is 16.3. The average molecular weight is 306 g/mol. The number of carbonyl (C=O) groups is 1. The zero-order valence-electron chi connectivity index (χ0n) is 13.9. The van der Waals surface area contributed by atoms with Gasteiger partial charge in [-0.2, -0.15) is 0 Å². The second-order valence-corrected chi connectivity index (χ2v) is 6.31. The van der Waals surface area contributed by atoms with E-state index in [4.69, 9.17) is 14.2 Å². The lowest BCUT2D eigenvalue weighted by Crippen LogP contribution is -2.26. The molecule has 1 aliphatic rings. The molecule has 0 radical (unpaired) electrons. The van der Waals surface area contributed by atoms with Crippen molar-refractivity contribution in [2.45, 2.75) is 58.8 Å². The van der Waals surface area contributed by atoms with Gasteiger partial charge in [0, 0.05) is 13.8 Å². The minimum absolute atomic E-state index is 0.164. The van der Waals surface area contributed by atoms with E-state index in [1.54, 1.807) is 13.8 Å². The third kappa shape index (κ3) is 4.47. The first kappa shape index (κ1) is 16.8. The monoisotopic (exact) mass is 306 g/mol. The molecule has 1 saturated heterocycles. The van der Waals surface area contributed by atoms with E-state index in [0.29, 0.717) is 6.61 Å². The standard InChI is InChI=1S/C18H26O4/c1-5-20-15-11-9-14(10-12-15)8-6-7-13(2)16-17(19)22-18(3,4)21-16/h9-13,16H,5-8H2,1-4H3/t13-,16+/m1/s1. The number of aryl methyl sites for hydroxylation is 1. The molecule has 1 fully saturated rings. The fourth-order valence-electron chi connectivity index (χ4n) is 2.73. The summed E-state index contributed by atoms with van der Waals surface area (Å²) in [6, 6.07) is 8.20. The lowest BCUT2D eigenvalue weighted by molar-refractivity contribution is -0.161. The van der Waals surface area contributed by atoms with Crippen LogP contribution in [0.2, 0.25) is 0 Å². The van der Waals surface area contributed by atoms with Gasteiger partial charge in [0.25, 0.3) is 0 Å². The number of cyclic esters (lactones) is 1. The second kappa shape index (κ2) is 7.14. The van der Waals surface area contributed by atoms with Crippen molar-refractivity contribution < 1.29 is 19.0 Å². The summed E-state index contributed by atoms with van der Waals surface area (Å²) in [6.45, 7) is 8.26. The van der Waals surface area contributed by atoms with Crippen molar-refractivity contribution in [1.82, 2.24) is 0 Å². The molecule has 22 heavy (non-hydrogen) atoms. The molecule has 0 unspecified atom stereocenters. The first-order valence-corrected chi connectivity index (χ1v) is 8.03. The predicted molar refractivity (Wildman–Crippen MR) is 84.8 cm³/mol. The largest absolute Gasteiger partial charge is 0.494 e. The van der Waals surface area contributed by atoms with Crippen LogP contribution in [0.4, 0.5) is 0 Å². The molecule has 1 heterocycles. The molecule has 2 atom stereocenters. The Labute approximate surface area is 132 Å². The van der Waals surface area contributed by atoms with Crippen molar-refractivity contribution in [3.05, 3.63) is 29.8 Å². The Kier molecular flexibility index (Phi) is 5.46. The minimum Gasteiger partial charge on any atom is -0.494 e. The molecule has 1 aromatic carbocycles. The van der Waals surface area contributed by atoms with Gasteiger partial charge in [-0.3, -0.25) is 0 Å². The summed E-state index contributed by atoms with van der Waals surface area (Å²) >= 11 is 0. The fourth-order valence-corrected chi connectivity index (χ4v) is 2.73. The highest BCUT2D eigenvalue weighted by Crippen LogP contribution is 2.30. The zero-order valence-corrected chi connectivity index (χ0v) is 13.9. The molecule has 0 spiro atoms. The number of hydrogen-bond donors (Lipinski definition) is 0. The first-order valence-electron chi connectivity index (χ1n) is 8.03. The SMILES string of the molecule is CCOc1ccc(CCC[C@@H](C)[C@@H]2OC(C)(C)OC2=O)cc1. The van der Waals surface area contributed by atoms with Gasteiger partial charge in [0.1, 0.15) is 5.75 Å². The Balaban J connectivity index is 1.77. The Morgan fingerprint density at radius 2 is 1.95 bits per heavy atom. The van der Waals surface area contributed by atoms with Crippen LogP contribution in [0.15, 0.2) is 24.3 Å². The highest BCUT2D eigenvalue weighted by molar-refractivity contribution is 5.76. The Morgan fingerprint density at radius 3 is 2.50 bits per heavy atom. The van der Waals surface area contributed by atoms with Gasteiger partial charge >= 0.3 is 5.97 Å². The maximum absolute atomic E-state index is 11.8. The van der Waals surface area contributed by atoms with Gasteiger partial charge in [-0.05, 0) is 49.8 Å². The van der Waals surface area contributed by atoms with Crippen molar-refractivity contribution in [3.8, 4) is 5.75 Å². The van der Waals surface area contributed by atoms with Gasteiger partial charge in [0.2, 0.25) is 5.79 Å². The number of rotatable bonds is 7. The Morgan fingerprint density at radius 1 is 1.27 bits per heavy atom. The summed E-state index contributed by atoms with van der Waals surface area (Å²) in [5.41, 5.74) is 1.28. The van der Waals surface area contributed by atoms with Crippen LogP contribution in [0.1, 0.15) is 46.1 Å². The summed E-state index contributed by atoms with van der Waals surface area (Å²) in [5, 5.41) is 0. The van der Waals surface area contributed by atoms with Crippen LogP contribution in [0.3, 0.4) is 0 Å². The third-order valence-electron chi connectivity index (χ3n) is 3.87. The topological polar surface area (TPSA) is 44.8 Å². The highest BCUT2D eigenvalue weighted by atomic mass is 16.8. The van der Waals surface area contributed by atoms with E-state index in [-0.39, 0.29) is 11.9 Å². The van der Waals surface area contributed by atoms with Crippen molar-refractivity contribution in [2.75, 3.05) is 6.61 Å². The molecule has 4 nitrogen and oxygen atoms in total. The van der Waals surface area contributed by atoms with E-state index in [0.717, 1.165) is 25.0 Å². The molecular weight excluding hydrogens is 280 g/mol. The molecule has 122 valence electrons. The van der Waals surface area contributed by atoms with Gasteiger partial charge in [0.05, 0.1) is 6.61 Å². The van der Waals surface area contributed by atoms with E-state index in [9.17, 15) is 4.79 Å². The molecule has 0 N–H and O–H groups in total. The van der Waals surface area contributed by atoms with Gasteiger partial charge in [-0.25, -0.2) is 4.79 Å². The summed E-state index contributed by atoms with van der Waals surface area (Å²) in [7, 11) is 0. The second-order valence-electron chi connectivity index (χ2n) is 6.31. The van der Waals surface area contributed by atoms with Crippen LogP contribution < -0.4 is 4.74 Å². The first-order chi connectivity index (χ1) is 10.4. The molecule has 1 aromatic rings. The summed E-state index contributed by atoms with van der Waals surface area (Å²) in [4.78, 5) is 11.8. The molecule has 0 bridgehead atoms. The van der Waals surface area contributed by atoms with E-state index in [1.807, 2.05) is 26.0 Å². The van der Waals surface area contributed by atoms with Gasteiger partial charge < -0.3 is 14.2 Å². The fraction of sp³-hybridized carbons (Fsp3) is 0.611. The molecule has 0 amide bonds. The summed E-state index contributed by atoms with van der Waals surface area (Å²) in [5.74, 6) is 0.0463. The Hall–Kier alpha value is -1.55. The molecule has 2 rings (SSSR count). The number of hydrogen-bond acceptors (Lipinski definition) is 4. The van der Waals surface area contributed by atoms with Crippen molar-refractivity contribution in [2.24, 2.45) is 5.92 Å². The normalized spacial score (nSPS) is 21.5. The van der Waals surface area contributed by atoms with Crippen LogP contribution in [0, 0.1) is 5.92 Å². The minimum atomic E-state index is -0.787. The van der Waals surface area contributed by atoms with Crippen molar-refractivity contribution in [1.29, 1.82) is 0 Å². The lowest BCUT2D eigenvalue weighted by atomic mass is 9.96. The van der Waals surface area contributed by atoms with Crippen molar-refractivity contribution in [3.63, 3.8) is 0 Å². The quantitative estimate of drug-likeness (QED) is 0.720. The van der Waals surface area contributed by atoms with Gasteiger partial charge in [-0.15, -0.1) is 0 Å². The molecule has 0 aromatic heterocycles. The van der Waals surface area contributed by atoms with Crippen LogP contribution in [0.5, 0.6) is 5.75 Å². The predicted octanol–water partition coefficient (Wildman–Crippen LogP) is 3.72. The number of carbonyl (C=O) groups excluding carboxylic acids is 1. The molecular formula is C18H26O4. The third-order valence-corrected chi connectivity index (χ3v) is 3.87. The number of benzene rings is 1. The molecule has 0 saturated carbocycles. The van der Waals surface area contributed by atoms with Crippen molar-refractivity contribution >= 4 is 5.97 Å². The van der Waals surface area contributed by atoms with Gasteiger partial charge in [-0.1, -0.05) is 19.1 Å². The average Bonchev–Trinajstić information content (AvgIpc) is 2.74. The summed E-state index contributed by atoms with van der Waals surface area (Å²) in [6.07, 6.45) is 2.50. The number of esters is 1. The van der Waals surface area contributed by atoms with E-state index in [1.165, 1.54) is 5.56 Å². The highest BCUT2D eigenvalue weighted by Gasteiger charge is 2.43. The van der Waals surface area contributed by atoms with E-state index < -0.39 is 11.9 Å². The zero-order chi connectivity index (χ0) is 16.2. The maximum Gasteiger partial charge on any atom is 0.338 e. The lowest BCUT2D eigenvalue weighted by Gasteiger charge is -2.18. The maximum atomic E-state index is 11.8. The molecule has 0 aliphatic carbocycles. The van der Waals surface area contributed by atoms with Crippen LogP contribution in [-0.4, -0.2) is 24.5 Å². The van der Waals surface area contributed by atoms with E-state index >= 15 is 0 Å². The Bertz CT molecular complexity index is 492. The smallest absolute Gasteiger partial charge is 0.338 e. The molecule has 4 heteroatoms.